The third kappa shape index (κ3) is 5.97. The van der Waals surface area contributed by atoms with E-state index >= 15 is 0 Å². The standard InChI is InChI=1S/C27H30N2O3/c1-18-7-6-8-19(2)25(18)29-24(30)17-32-23-15-13-22(14-16-23)28-26(31)20-9-11-21(12-10-20)27(3,4)5/h6-16H,17H2,1-5H3,(H,28,31)(H,29,30). The van der Waals surface area contributed by atoms with E-state index in [1.165, 1.54) is 5.56 Å². The van der Waals surface area contributed by atoms with Crippen molar-refractivity contribution in [2.45, 2.75) is 40.0 Å². The van der Waals surface area contributed by atoms with Gasteiger partial charge in [0, 0.05) is 16.9 Å². The van der Waals surface area contributed by atoms with Crippen LogP contribution in [-0.2, 0) is 10.2 Å². The van der Waals surface area contributed by atoms with Gasteiger partial charge in [-0.15, -0.1) is 0 Å². The lowest BCUT2D eigenvalue weighted by molar-refractivity contribution is -0.118. The monoisotopic (exact) mass is 430 g/mol. The largest absolute Gasteiger partial charge is 0.484 e. The van der Waals surface area contributed by atoms with Gasteiger partial charge < -0.3 is 15.4 Å². The number of hydrogen-bond donors (Lipinski definition) is 2. The molecule has 0 aliphatic rings. The summed E-state index contributed by atoms with van der Waals surface area (Å²) in [6.07, 6.45) is 0. The van der Waals surface area contributed by atoms with Crippen LogP contribution < -0.4 is 15.4 Å². The van der Waals surface area contributed by atoms with Crippen molar-refractivity contribution in [3.05, 3.63) is 89.0 Å². The molecule has 0 spiro atoms. The molecule has 2 amide bonds. The molecule has 3 rings (SSSR count). The maximum absolute atomic E-state index is 12.5. The van der Waals surface area contributed by atoms with Crippen LogP contribution in [0.4, 0.5) is 11.4 Å². The zero-order valence-electron chi connectivity index (χ0n) is 19.3. The van der Waals surface area contributed by atoms with E-state index in [0.29, 0.717) is 17.0 Å². The summed E-state index contributed by atoms with van der Waals surface area (Å²) in [6.45, 7) is 10.2. The summed E-state index contributed by atoms with van der Waals surface area (Å²) >= 11 is 0. The summed E-state index contributed by atoms with van der Waals surface area (Å²) in [4.78, 5) is 24.8. The number of ether oxygens (including phenoxy) is 1. The second kappa shape index (κ2) is 9.69. The molecule has 0 heterocycles. The molecule has 0 radical (unpaired) electrons. The topological polar surface area (TPSA) is 67.4 Å². The van der Waals surface area contributed by atoms with E-state index in [4.69, 9.17) is 4.74 Å². The van der Waals surface area contributed by atoms with Crippen molar-refractivity contribution in [3.8, 4) is 5.75 Å². The van der Waals surface area contributed by atoms with Crippen molar-refractivity contribution in [1.29, 1.82) is 0 Å². The van der Waals surface area contributed by atoms with E-state index in [0.717, 1.165) is 16.8 Å². The average Bonchev–Trinajstić information content (AvgIpc) is 2.75. The molecule has 0 bridgehead atoms. The SMILES string of the molecule is Cc1cccc(C)c1NC(=O)COc1ccc(NC(=O)c2ccc(C(C)(C)C)cc2)cc1. The van der Waals surface area contributed by atoms with Crippen molar-refractivity contribution in [2.24, 2.45) is 0 Å². The first-order valence-corrected chi connectivity index (χ1v) is 10.6. The van der Waals surface area contributed by atoms with Crippen LogP contribution in [0.15, 0.2) is 66.7 Å². The number of amides is 2. The molecule has 0 atom stereocenters. The Labute approximate surface area is 189 Å². The molecule has 0 aliphatic heterocycles. The zero-order chi connectivity index (χ0) is 23.3. The normalized spacial score (nSPS) is 11.0. The molecule has 166 valence electrons. The Morgan fingerprint density at radius 1 is 0.812 bits per heavy atom. The van der Waals surface area contributed by atoms with Gasteiger partial charge in [0.1, 0.15) is 5.75 Å². The molecular formula is C27H30N2O3. The number of benzene rings is 3. The fourth-order valence-electron chi connectivity index (χ4n) is 3.30. The Morgan fingerprint density at radius 3 is 1.97 bits per heavy atom. The Kier molecular flexibility index (Phi) is 6.98. The minimum absolute atomic E-state index is 0.0422. The van der Waals surface area contributed by atoms with Crippen molar-refractivity contribution in [2.75, 3.05) is 17.2 Å². The van der Waals surface area contributed by atoms with Crippen molar-refractivity contribution in [3.63, 3.8) is 0 Å². The van der Waals surface area contributed by atoms with Crippen LogP contribution in [0.1, 0.15) is 47.8 Å². The van der Waals surface area contributed by atoms with Gasteiger partial charge in [-0.2, -0.15) is 0 Å². The molecule has 0 aliphatic carbocycles. The summed E-state index contributed by atoms with van der Waals surface area (Å²) in [6, 6.07) is 20.5. The van der Waals surface area contributed by atoms with Crippen LogP contribution in [0, 0.1) is 13.8 Å². The fraction of sp³-hybridized carbons (Fsp3) is 0.259. The lowest BCUT2D eigenvalue weighted by Crippen LogP contribution is -2.21. The number of anilines is 2. The third-order valence-electron chi connectivity index (χ3n) is 5.24. The van der Waals surface area contributed by atoms with Crippen LogP contribution >= 0.6 is 0 Å². The van der Waals surface area contributed by atoms with Crippen LogP contribution in [-0.4, -0.2) is 18.4 Å². The minimum atomic E-state index is -0.224. The van der Waals surface area contributed by atoms with E-state index in [9.17, 15) is 9.59 Å². The Bertz CT molecular complexity index is 1070. The average molecular weight is 431 g/mol. The number of hydrogen-bond acceptors (Lipinski definition) is 3. The lowest BCUT2D eigenvalue weighted by Gasteiger charge is -2.19. The van der Waals surface area contributed by atoms with Crippen molar-refractivity contribution >= 4 is 23.2 Å². The maximum Gasteiger partial charge on any atom is 0.262 e. The Hall–Kier alpha value is -3.60. The van der Waals surface area contributed by atoms with Gasteiger partial charge >= 0.3 is 0 Å². The third-order valence-corrected chi connectivity index (χ3v) is 5.24. The lowest BCUT2D eigenvalue weighted by atomic mass is 9.87. The molecule has 3 aromatic rings. The quantitative estimate of drug-likeness (QED) is 0.514. The number of aryl methyl sites for hydroxylation is 2. The predicted molar refractivity (Wildman–Crippen MR) is 130 cm³/mol. The predicted octanol–water partition coefficient (Wildman–Crippen LogP) is 5.87. The van der Waals surface area contributed by atoms with E-state index in [-0.39, 0.29) is 23.8 Å². The molecule has 0 saturated heterocycles. The first-order chi connectivity index (χ1) is 15.1. The molecule has 0 fully saturated rings. The summed E-state index contributed by atoms with van der Waals surface area (Å²) in [7, 11) is 0. The van der Waals surface area contributed by atoms with Gasteiger partial charge in [0.05, 0.1) is 0 Å². The van der Waals surface area contributed by atoms with Gasteiger partial charge in [0.2, 0.25) is 0 Å². The zero-order valence-corrected chi connectivity index (χ0v) is 19.3. The molecule has 0 aromatic heterocycles. The first kappa shape index (κ1) is 23.1. The first-order valence-electron chi connectivity index (χ1n) is 10.6. The number of carbonyl (C=O) groups excluding carboxylic acids is 2. The highest BCUT2D eigenvalue weighted by Crippen LogP contribution is 2.23. The summed E-state index contributed by atoms with van der Waals surface area (Å²) in [5, 5.41) is 5.78. The molecule has 2 N–H and O–H groups in total. The van der Waals surface area contributed by atoms with Crippen LogP contribution in [0.2, 0.25) is 0 Å². The highest BCUT2D eigenvalue weighted by Gasteiger charge is 2.14. The second-order valence-corrected chi connectivity index (χ2v) is 8.91. The molecule has 0 saturated carbocycles. The molecule has 0 unspecified atom stereocenters. The smallest absolute Gasteiger partial charge is 0.262 e. The second-order valence-electron chi connectivity index (χ2n) is 8.91. The highest BCUT2D eigenvalue weighted by molar-refractivity contribution is 6.04. The van der Waals surface area contributed by atoms with Crippen LogP contribution in [0.3, 0.4) is 0 Å². The molecule has 32 heavy (non-hydrogen) atoms. The fourth-order valence-corrected chi connectivity index (χ4v) is 3.30. The number of para-hydroxylation sites is 1. The highest BCUT2D eigenvalue weighted by atomic mass is 16.5. The van der Waals surface area contributed by atoms with Gasteiger partial charge in [0.25, 0.3) is 11.8 Å². The van der Waals surface area contributed by atoms with Gasteiger partial charge in [-0.25, -0.2) is 0 Å². The van der Waals surface area contributed by atoms with E-state index < -0.39 is 0 Å². The van der Waals surface area contributed by atoms with Crippen LogP contribution in [0.25, 0.3) is 0 Å². The number of carbonyl (C=O) groups is 2. The van der Waals surface area contributed by atoms with Gasteiger partial charge in [-0.1, -0.05) is 51.1 Å². The summed E-state index contributed by atoms with van der Waals surface area (Å²) in [5.74, 6) is 0.153. The number of rotatable bonds is 6. The molecular weight excluding hydrogens is 400 g/mol. The molecule has 5 nitrogen and oxygen atoms in total. The van der Waals surface area contributed by atoms with Crippen molar-refractivity contribution < 1.29 is 14.3 Å². The van der Waals surface area contributed by atoms with E-state index in [2.05, 4.69) is 31.4 Å². The summed E-state index contributed by atoms with van der Waals surface area (Å²) < 4.78 is 5.58. The van der Waals surface area contributed by atoms with Gasteiger partial charge in [-0.3, -0.25) is 9.59 Å². The van der Waals surface area contributed by atoms with Gasteiger partial charge in [-0.05, 0) is 72.4 Å². The van der Waals surface area contributed by atoms with Gasteiger partial charge in [0.15, 0.2) is 6.61 Å². The van der Waals surface area contributed by atoms with Crippen molar-refractivity contribution in [1.82, 2.24) is 0 Å². The van der Waals surface area contributed by atoms with E-state index in [1.54, 1.807) is 24.3 Å². The summed E-state index contributed by atoms with van der Waals surface area (Å²) in [5.41, 5.74) is 5.30. The van der Waals surface area contributed by atoms with Crippen LogP contribution in [0.5, 0.6) is 5.75 Å². The Morgan fingerprint density at radius 2 is 1.41 bits per heavy atom. The maximum atomic E-state index is 12.5. The minimum Gasteiger partial charge on any atom is -0.484 e. The number of nitrogens with one attached hydrogen (secondary N) is 2. The molecule has 5 heteroatoms. The van der Waals surface area contributed by atoms with E-state index in [1.807, 2.05) is 56.3 Å². The Balaban J connectivity index is 1.53. The molecule has 3 aromatic carbocycles.